The number of benzene rings is 2. The van der Waals surface area contributed by atoms with Crippen LogP contribution >= 0.6 is 11.6 Å². The Bertz CT molecular complexity index is 920. The molecule has 0 fully saturated rings. The van der Waals surface area contributed by atoms with E-state index in [4.69, 9.17) is 11.6 Å². The molecule has 6 nitrogen and oxygen atoms in total. The van der Waals surface area contributed by atoms with Crippen LogP contribution in [0.15, 0.2) is 47.4 Å². The number of amides is 1. The van der Waals surface area contributed by atoms with Crippen molar-refractivity contribution in [3.63, 3.8) is 0 Å². The molecule has 10 heteroatoms. The number of alkyl halides is 2. The number of halogens is 3. The summed E-state index contributed by atoms with van der Waals surface area (Å²) >= 11 is 5.94. The SMILES string of the molecule is CN(C)S(=O)(=O)c1cc(NC(=O)c2ccccc2OC(F)F)ccc1Cl. The molecule has 1 amide bonds. The molecule has 2 aromatic rings. The summed E-state index contributed by atoms with van der Waals surface area (Å²) in [4.78, 5) is 12.2. The number of ether oxygens (including phenoxy) is 1. The van der Waals surface area contributed by atoms with E-state index in [1.54, 1.807) is 0 Å². The Hall–Kier alpha value is -2.23. The standard InChI is InChI=1S/C16H15ClF2N2O4S/c1-21(2)26(23,24)14-9-10(7-8-12(14)17)20-15(22)11-5-3-4-6-13(11)25-16(18)19/h3-9,16H,1-2H3,(H,20,22). The Balaban J connectivity index is 2.34. The van der Waals surface area contributed by atoms with Gasteiger partial charge in [-0.15, -0.1) is 0 Å². The highest BCUT2D eigenvalue weighted by Gasteiger charge is 2.22. The normalized spacial score (nSPS) is 11.7. The van der Waals surface area contributed by atoms with Crippen molar-refractivity contribution in [1.82, 2.24) is 4.31 Å². The third kappa shape index (κ3) is 4.48. The van der Waals surface area contributed by atoms with Crippen molar-refractivity contribution in [1.29, 1.82) is 0 Å². The molecule has 0 aromatic heterocycles. The van der Waals surface area contributed by atoms with Gasteiger partial charge in [-0.3, -0.25) is 4.79 Å². The molecule has 0 bridgehead atoms. The van der Waals surface area contributed by atoms with Gasteiger partial charge in [0.25, 0.3) is 5.91 Å². The van der Waals surface area contributed by atoms with Crippen LogP contribution in [0.25, 0.3) is 0 Å². The van der Waals surface area contributed by atoms with Crippen LogP contribution < -0.4 is 10.1 Å². The third-order valence-corrected chi connectivity index (χ3v) is 5.59. The summed E-state index contributed by atoms with van der Waals surface area (Å²) in [5.41, 5.74) is 0.00596. The molecule has 0 aliphatic rings. The van der Waals surface area contributed by atoms with E-state index in [9.17, 15) is 22.0 Å². The van der Waals surface area contributed by atoms with Gasteiger partial charge in [0, 0.05) is 19.8 Å². The van der Waals surface area contributed by atoms with Gasteiger partial charge in [0.15, 0.2) is 0 Å². The summed E-state index contributed by atoms with van der Waals surface area (Å²) in [5.74, 6) is -1.04. The van der Waals surface area contributed by atoms with Gasteiger partial charge in [-0.1, -0.05) is 23.7 Å². The average molecular weight is 405 g/mol. The van der Waals surface area contributed by atoms with Crippen LogP contribution in [0.5, 0.6) is 5.75 Å². The maximum absolute atomic E-state index is 12.5. The van der Waals surface area contributed by atoms with Gasteiger partial charge in [-0.25, -0.2) is 12.7 Å². The van der Waals surface area contributed by atoms with Crippen molar-refractivity contribution in [2.75, 3.05) is 19.4 Å². The fourth-order valence-corrected chi connectivity index (χ4v) is 3.42. The minimum atomic E-state index is -3.83. The van der Waals surface area contributed by atoms with Crippen molar-refractivity contribution in [3.05, 3.63) is 53.1 Å². The predicted octanol–water partition coefficient (Wildman–Crippen LogP) is 3.44. The fraction of sp³-hybridized carbons (Fsp3) is 0.188. The molecule has 0 heterocycles. The zero-order valence-corrected chi connectivity index (χ0v) is 15.3. The first-order chi connectivity index (χ1) is 12.1. The summed E-state index contributed by atoms with van der Waals surface area (Å²) in [6.45, 7) is -3.09. The number of carbonyl (C=O) groups is 1. The lowest BCUT2D eigenvalue weighted by atomic mass is 10.2. The first-order valence-corrected chi connectivity index (χ1v) is 9.02. The lowest BCUT2D eigenvalue weighted by Crippen LogP contribution is -2.23. The minimum Gasteiger partial charge on any atom is -0.434 e. The van der Waals surface area contributed by atoms with Crippen molar-refractivity contribution < 1.29 is 26.7 Å². The van der Waals surface area contributed by atoms with Gasteiger partial charge in [0.05, 0.1) is 10.6 Å². The molecule has 0 aliphatic carbocycles. The fourth-order valence-electron chi connectivity index (χ4n) is 2.03. The number of nitrogens with zero attached hydrogens (tertiary/aromatic N) is 1. The molecule has 0 aliphatic heterocycles. The van der Waals surface area contributed by atoms with E-state index in [2.05, 4.69) is 10.1 Å². The molecule has 0 atom stereocenters. The third-order valence-electron chi connectivity index (χ3n) is 3.30. The highest BCUT2D eigenvalue weighted by Crippen LogP contribution is 2.28. The maximum atomic E-state index is 12.5. The molecule has 0 saturated carbocycles. The van der Waals surface area contributed by atoms with Crippen LogP contribution in [0.1, 0.15) is 10.4 Å². The Morgan fingerprint density at radius 2 is 1.85 bits per heavy atom. The lowest BCUT2D eigenvalue weighted by molar-refractivity contribution is -0.0501. The zero-order valence-electron chi connectivity index (χ0n) is 13.7. The highest BCUT2D eigenvalue weighted by atomic mass is 35.5. The second kappa shape index (κ2) is 7.98. The molecular weight excluding hydrogens is 390 g/mol. The van der Waals surface area contributed by atoms with Gasteiger partial charge in [0.2, 0.25) is 10.0 Å². The molecule has 0 saturated heterocycles. The first kappa shape index (κ1) is 20.1. The summed E-state index contributed by atoms with van der Waals surface area (Å²) in [5, 5.41) is 2.43. The second-order valence-electron chi connectivity index (χ2n) is 5.26. The van der Waals surface area contributed by atoms with Crippen molar-refractivity contribution in [3.8, 4) is 5.75 Å². The molecule has 2 aromatic carbocycles. The van der Waals surface area contributed by atoms with Crippen molar-refractivity contribution in [2.45, 2.75) is 11.5 Å². The van der Waals surface area contributed by atoms with E-state index < -0.39 is 22.5 Å². The van der Waals surface area contributed by atoms with Crippen molar-refractivity contribution in [2.24, 2.45) is 0 Å². The smallest absolute Gasteiger partial charge is 0.387 e. The summed E-state index contributed by atoms with van der Waals surface area (Å²) < 4.78 is 54.7. The van der Waals surface area contributed by atoms with Crippen LogP contribution in [0.2, 0.25) is 5.02 Å². The number of anilines is 1. The van der Waals surface area contributed by atoms with Crippen LogP contribution in [0, 0.1) is 0 Å². The van der Waals surface area contributed by atoms with Gasteiger partial charge >= 0.3 is 6.61 Å². The molecule has 2 rings (SSSR count). The Kier molecular flexibility index (Phi) is 6.17. The molecule has 0 spiro atoms. The summed E-state index contributed by atoms with van der Waals surface area (Å²) in [6, 6.07) is 9.35. The largest absolute Gasteiger partial charge is 0.434 e. The number of hydrogen-bond acceptors (Lipinski definition) is 4. The molecule has 140 valence electrons. The topological polar surface area (TPSA) is 75.7 Å². The summed E-state index contributed by atoms with van der Waals surface area (Å²) in [7, 11) is -1.14. The molecule has 1 N–H and O–H groups in total. The maximum Gasteiger partial charge on any atom is 0.387 e. The molecule has 0 radical (unpaired) electrons. The van der Waals surface area contributed by atoms with Gasteiger partial charge < -0.3 is 10.1 Å². The number of carbonyl (C=O) groups excluding carboxylic acids is 1. The lowest BCUT2D eigenvalue weighted by Gasteiger charge is -2.15. The van der Waals surface area contributed by atoms with E-state index in [0.29, 0.717) is 0 Å². The quantitative estimate of drug-likeness (QED) is 0.800. The second-order valence-corrected chi connectivity index (χ2v) is 7.79. The average Bonchev–Trinajstić information content (AvgIpc) is 2.56. The first-order valence-electron chi connectivity index (χ1n) is 7.20. The Morgan fingerprint density at radius 3 is 2.46 bits per heavy atom. The Morgan fingerprint density at radius 1 is 1.19 bits per heavy atom. The highest BCUT2D eigenvalue weighted by molar-refractivity contribution is 7.89. The number of nitrogens with one attached hydrogen (secondary N) is 1. The van der Waals surface area contributed by atoms with Crippen LogP contribution in [-0.4, -0.2) is 39.3 Å². The van der Waals surface area contributed by atoms with E-state index in [1.807, 2.05) is 0 Å². The minimum absolute atomic E-state index is 0.0156. The van der Waals surface area contributed by atoms with Crippen molar-refractivity contribution >= 4 is 33.2 Å². The van der Waals surface area contributed by atoms with E-state index >= 15 is 0 Å². The number of sulfonamides is 1. The van der Waals surface area contributed by atoms with E-state index in [-0.39, 0.29) is 26.9 Å². The number of hydrogen-bond donors (Lipinski definition) is 1. The van der Waals surface area contributed by atoms with Gasteiger partial charge in [-0.2, -0.15) is 8.78 Å². The number of rotatable bonds is 6. The van der Waals surface area contributed by atoms with Gasteiger partial charge in [0.1, 0.15) is 10.6 Å². The van der Waals surface area contributed by atoms with Gasteiger partial charge in [-0.05, 0) is 30.3 Å². The predicted molar refractivity (Wildman–Crippen MR) is 93.4 cm³/mol. The van der Waals surface area contributed by atoms with E-state index in [0.717, 1.165) is 4.31 Å². The summed E-state index contributed by atoms with van der Waals surface area (Å²) in [6.07, 6.45) is 0. The van der Waals surface area contributed by atoms with Crippen LogP contribution in [0.4, 0.5) is 14.5 Å². The molecule has 26 heavy (non-hydrogen) atoms. The molecular formula is C16H15ClF2N2O4S. The van der Waals surface area contributed by atoms with Crippen LogP contribution in [0.3, 0.4) is 0 Å². The zero-order chi connectivity index (χ0) is 19.5. The Labute approximate surface area is 154 Å². The number of para-hydroxylation sites is 1. The molecule has 0 unspecified atom stereocenters. The van der Waals surface area contributed by atoms with Crippen LogP contribution in [-0.2, 0) is 10.0 Å². The van der Waals surface area contributed by atoms with E-state index in [1.165, 1.54) is 56.6 Å². The monoisotopic (exact) mass is 404 g/mol.